The van der Waals surface area contributed by atoms with E-state index in [-0.39, 0.29) is 0 Å². The van der Waals surface area contributed by atoms with Crippen LogP contribution in [0.1, 0.15) is 16.7 Å². The van der Waals surface area contributed by atoms with E-state index < -0.39 is 10.4 Å². The maximum absolute atomic E-state index is 9.44. The maximum Gasteiger partial charge on any atom is 0.394 e. The van der Waals surface area contributed by atoms with E-state index in [0.29, 0.717) is 5.75 Å². The van der Waals surface area contributed by atoms with Gasteiger partial charge >= 0.3 is 10.4 Å². The van der Waals surface area contributed by atoms with Gasteiger partial charge in [0.05, 0.1) is 0 Å². The fourth-order valence-corrected chi connectivity index (χ4v) is 1.71. The van der Waals surface area contributed by atoms with Gasteiger partial charge in [-0.3, -0.25) is 9.11 Å². The Hall–Kier alpha value is -0.893. The lowest BCUT2D eigenvalue weighted by molar-refractivity contribution is 0.381. The summed E-state index contributed by atoms with van der Waals surface area (Å²) in [5.41, 5.74) is 3.75. The molecule has 0 aliphatic carbocycles. The summed E-state index contributed by atoms with van der Waals surface area (Å²) in [6, 6.07) is 1.85. The lowest BCUT2D eigenvalue weighted by Crippen LogP contribution is -2.10. The number of rotatable bonds is 0. The van der Waals surface area contributed by atoms with Gasteiger partial charge in [0.25, 0.3) is 0 Å². The minimum Gasteiger partial charge on any atom is -0.508 e. The Labute approximate surface area is 98.1 Å². The minimum absolute atomic E-state index is 0.470. The molecule has 0 atom stereocenters. The molecular weight excluding hydrogens is 248 g/mol. The molecule has 1 aromatic carbocycles. The first kappa shape index (κ1) is 15.1. The average molecular weight is 264 g/mol. The zero-order valence-electron chi connectivity index (χ0n) is 9.64. The van der Waals surface area contributed by atoms with Gasteiger partial charge in [0.1, 0.15) is 5.75 Å². The van der Waals surface area contributed by atoms with Crippen molar-refractivity contribution in [2.75, 3.05) is 0 Å². The third kappa shape index (κ3) is 5.26. The molecule has 0 saturated carbocycles. The third-order valence-electron chi connectivity index (χ3n) is 2.45. The number of aryl methyl sites for hydroxylation is 1. The minimum atomic E-state index is -4.67. The van der Waals surface area contributed by atoms with Gasteiger partial charge < -0.3 is 5.11 Å². The van der Waals surface area contributed by atoms with Crippen LogP contribution < -0.4 is 5.19 Å². The lowest BCUT2D eigenvalue weighted by Gasteiger charge is -2.09. The first-order valence-corrected chi connectivity index (χ1v) is 6.90. The summed E-state index contributed by atoms with van der Waals surface area (Å²) >= 11 is 0. The molecule has 0 saturated heterocycles. The van der Waals surface area contributed by atoms with Gasteiger partial charge in [-0.05, 0) is 48.7 Å². The van der Waals surface area contributed by atoms with Crippen molar-refractivity contribution in [3.05, 3.63) is 22.8 Å². The van der Waals surface area contributed by atoms with Crippen molar-refractivity contribution in [2.24, 2.45) is 0 Å². The fourth-order valence-electron chi connectivity index (χ4n) is 1.19. The van der Waals surface area contributed by atoms with Crippen molar-refractivity contribution in [3.8, 4) is 5.75 Å². The molecule has 7 heteroatoms. The molecule has 0 fully saturated rings. The van der Waals surface area contributed by atoms with Crippen LogP contribution in [0.15, 0.2) is 6.07 Å². The second-order valence-corrected chi connectivity index (χ2v) is 5.43. The number of hydrogen-bond acceptors (Lipinski definition) is 3. The van der Waals surface area contributed by atoms with E-state index in [2.05, 4.69) is 13.8 Å². The largest absolute Gasteiger partial charge is 0.508 e. The molecule has 1 aromatic rings. The number of benzene rings is 1. The summed E-state index contributed by atoms with van der Waals surface area (Å²) in [5.74, 6) is 0.470. The van der Waals surface area contributed by atoms with Gasteiger partial charge in [-0.2, -0.15) is 8.42 Å². The van der Waals surface area contributed by atoms with Crippen molar-refractivity contribution < 1.29 is 22.6 Å². The highest BCUT2D eigenvalue weighted by atomic mass is 32.3. The second-order valence-electron chi connectivity index (χ2n) is 3.54. The molecule has 0 spiro atoms. The van der Waals surface area contributed by atoms with Gasteiger partial charge in [-0.15, -0.1) is 0 Å². The highest BCUT2D eigenvalue weighted by molar-refractivity contribution is 7.79. The molecule has 0 unspecified atom stereocenters. The maximum atomic E-state index is 9.44. The summed E-state index contributed by atoms with van der Waals surface area (Å²) in [4.78, 5) is 0. The first-order chi connectivity index (χ1) is 7.04. The van der Waals surface area contributed by atoms with Crippen LogP contribution in [-0.2, 0) is 10.4 Å². The molecular formula is C9H16O5SSi. The molecule has 3 N–H and O–H groups in total. The molecule has 0 amide bonds. The van der Waals surface area contributed by atoms with Gasteiger partial charge in [0, 0.05) is 10.2 Å². The molecule has 1 rings (SSSR count). The topological polar surface area (TPSA) is 94.8 Å². The summed E-state index contributed by atoms with van der Waals surface area (Å²) in [7, 11) is -3.74. The van der Waals surface area contributed by atoms with Crippen LogP contribution in [0.2, 0.25) is 0 Å². The molecule has 0 aliphatic rings. The zero-order chi connectivity index (χ0) is 13.1. The Morgan fingerprint density at radius 3 is 1.88 bits per heavy atom. The molecule has 0 radical (unpaired) electrons. The van der Waals surface area contributed by atoms with Crippen LogP contribution in [0, 0.1) is 20.8 Å². The number of aromatic hydroxyl groups is 1. The van der Waals surface area contributed by atoms with E-state index in [9.17, 15) is 5.11 Å². The molecule has 0 aromatic heterocycles. The van der Waals surface area contributed by atoms with Gasteiger partial charge in [0.2, 0.25) is 0 Å². The molecule has 92 valence electrons. The van der Waals surface area contributed by atoms with Crippen molar-refractivity contribution in [1.82, 2.24) is 0 Å². The second kappa shape index (κ2) is 5.44. The average Bonchev–Trinajstić information content (AvgIpc) is 2.09. The first-order valence-electron chi connectivity index (χ1n) is 4.50. The molecule has 0 bridgehead atoms. The summed E-state index contributed by atoms with van der Waals surface area (Å²) in [6.45, 7) is 6.21. The van der Waals surface area contributed by atoms with Gasteiger partial charge in [-0.1, -0.05) is 0 Å². The quantitative estimate of drug-likeness (QED) is 0.440. The molecule has 0 aliphatic heterocycles. The summed E-state index contributed by atoms with van der Waals surface area (Å²) in [5, 5.41) is 10.6. The third-order valence-corrected chi connectivity index (χ3v) is 3.72. The Morgan fingerprint density at radius 1 is 1.12 bits per heavy atom. The van der Waals surface area contributed by atoms with Crippen molar-refractivity contribution in [3.63, 3.8) is 0 Å². The van der Waals surface area contributed by atoms with Crippen LogP contribution in [0.3, 0.4) is 0 Å². The van der Waals surface area contributed by atoms with Gasteiger partial charge in [0.15, 0.2) is 0 Å². The molecule has 5 nitrogen and oxygen atoms in total. The monoisotopic (exact) mass is 264 g/mol. The Balaban J connectivity index is 0.000000385. The van der Waals surface area contributed by atoms with Crippen molar-refractivity contribution in [2.45, 2.75) is 20.8 Å². The zero-order valence-corrected chi connectivity index (χ0v) is 12.5. The van der Waals surface area contributed by atoms with Crippen LogP contribution in [0.5, 0.6) is 5.75 Å². The van der Waals surface area contributed by atoms with E-state index in [4.69, 9.17) is 17.5 Å². The van der Waals surface area contributed by atoms with E-state index in [1.165, 1.54) is 16.7 Å². The number of hydrogen-bond donors (Lipinski definition) is 3. The van der Waals surface area contributed by atoms with E-state index in [1.807, 2.05) is 13.0 Å². The van der Waals surface area contributed by atoms with E-state index in [0.717, 1.165) is 15.4 Å². The van der Waals surface area contributed by atoms with Crippen molar-refractivity contribution in [1.29, 1.82) is 0 Å². The van der Waals surface area contributed by atoms with Crippen LogP contribution in [0.25, 0.3) is 0 Å². The van der Waals surface area contributed by atoms with E-state index >= 15 is 0 Å². The Morgan fingerprint density at radius 2 is 1.50 bits per heavy atom. The standard InChI is InChI=1S/C9H14OSi.H2O4S/c1-5-4-8(10)9(11)7(3)6(5)2;1-5(2,3)4/h4,10H,1-3,11H3;(H2,1,2,3,4). The molecule has 0 heterocycles. The van der Waals surface area contributed by atoms with Gasteiger partial charge in [-0.25, -0.2) is 0 Å². The summed E-state index contributed by atoms with van der Waals surface area (Å²) < 4.78 is 31.6. The van der Waals surface area contributed by atoms with Crippen molar-refractivity contribution >= 4 is 25.8 Å². The number of phenolic OH excluding ortho intramolecular Hbond substituents is 1. The fraction of sp³-hybridized carbons (Fsp3) is 0.333. The van der Waals surface area contributed by atoms with Crippen LogP contribution in [0.4, 0.5) is 0 Å². The lowest BCUT2D eigenvalue weighted by atomic mass is 10.0. The van der Waals surface area contributed by atoms with Crippen LogP contribution in [-0.4, -0.2) is 32.9 Å². The number of phenols is 1. The summed E-state index contributed by atoms with van der Waals surface area (Å²) in [6.07, 6.45) is 0. The van der Waals surface area contributed by atoms with E-state index in [1.54, 1.807) is 0 Å². The Kier molecular flexibility index (Phi) is 5.14. The predicted octanol–water partition coefficient (Wildman–Crippen LogP) is -0.345. The normalized spacial score (nSPS) is 10.8. The predicted molar refractivity (Wildman–Crippen MR) is 66.1 cm³/mol. The highest BCUT2D eigenvalue weighted by Gasteiger charge is 2.04. The molecule has 16 heavy (non-hydrogen) atoms. The Bertz CT molecular complexity index is 447. The van der Waals surface area contributed by atoms with Crippen LogP contribution >= 0.6 is 0 Å². The highest BCUT2D eigenvalue weighted by Crippen LogP contribution is 2.16. The smallest absolute Gasteiger partial charge is 0.394 e. The SMILES string of the molecule is Cc1cc(O)c([SiH3])c(C)c1C.O=S(=O)(O)O.